The van der Waals surface area contributed by atoms with E-state index < -0.39 is 0 Å². The van der Waals surface area contributed by atoms with Gasteiger partial charge in [-0.15, -0.1) is 0 Å². The maximum absolute atomic E-state index is 11.5. The van der Waals surface area contributed by atoms with Crippen LogP contribution >= 0.6 is 0 Å². The Labute approximate surface area is 98.1 Å². The van der Waals surface area contributed by atoms with Gasteiger partial charge in [0.15, 0.2) is 0 Å². The number of carbonyl (C=O) groups is 1. The Balaban J connectivity index is 2.08. The zero-order valence-electron chi connectivity index (χ0n) is 10.9. The molecule has 0 aromatic rings. The van der Waals surface area contributed by atoms with Gasteiger partial charge in [-0.1, -0.05) is 20.8 Å². The fourth-order valence-corrected chi connectivity index (χ4v) is 3.46. The molecule has 1 saturated carbocycles. The monoisotopic (exact) mass is 225 g/mol. The first-order chi connectivity index (χ1) is 7.39. The lowest BCUT2D eigenvalue weighted by atomic mass is 9.67. The Kier molecular flexibility index (Phi) is 2.67. The number of nitrogens with zero attached hydrogens (tertiary/aromatic N) is 1. The second-order valence-corrected chi connectivity index (χ2v) is 6.46. The molecule has 2 fully saturated rings. The summed E-state index contributed by atoms with van der Waals surface area (Å²) in [4.78, 5) is 13.4. The number of piperidine rings is 1. The van der Waals surface area contributed by atoms with E-state index in [9.17, 15) is 4.79 Å². The van der Waals surface area contributed by atoms with Gasteiger partial charge in [0.2, 0.25) is 0 Å². The molecule has 1 aliphatic heterocycles. The molecule has 1 amide bonds. The van der Waals surface area contributed by atoms with Crippen LogP contribution in [0.25, 0.3) is 0 Å². The van der Waals surface area contributed by atoms with Crippen LogP contribution in [0.5, 0.6) is 0 Å². The lowest BCUT2D eigenvalue weighted by molar-refractivity contribution is 0.0309. The number of ether oxygens (including phenoxy) is 1. The van der Waals surface area contributed by atoms with Crippen molar-refractivity contribution < 1.29 is 9.53 Å². The van der Waals surface area contributed by atoms with Crippen LogP contribution in [0.3, 0.4) is 0 Å². The molecule has 1 spiro atoms. The average molecular weight is 225 g/mol. The summed E-state index contributed by atoms with van der Waals surface area (Å²) < 4.78 is 4.82. The topological polar surface area (TPSA) is 29.5 Å². The molecular formula is C13H23NO2. The molecule has 0 N–H and O–H groups in total. The minimum absolute atomic E-state index is 0.154. The molecule has 1 saturated heterocycles. The fourth-order valence-electron chi connectivity index (χ4n) is 3.46. The summed E-state index contributed by atoms with van der Waals surface area (Å²) in [6.07, 6.45) is 3.53. The molecule has 2 aliphatic rings. The molecule has 0 bridgehead atoms. The van der Waals surface area contributed by atoms with E-state index in [2.05, 4.69) is 20.8 Å². The summed E-state index contributed by atoms with van der Waals surface area (Å²) in [7, 11) is 1.47. The number of carbonyl (C=O) groups excluding carboxylic acids is 1. The van der Waals surface area contributed by atoms with Gasteiger partial charge in [-0.05, 0) is 36.0 Å². The Morgan fingerprint density at radius 3 is 2.44 bits per heavy atom. The first-order valence-corrected chi connectivity index (χ1v) is 6.22. The van der Waals surface area contributed by atoms with Gasteiger partial charge < -0.3 is 9.64 Å². The number of rotatable bonds is 0. The van der Waals surface area contributed by atoms with Crippen LogP contribution in [0.2, 0.25) is 0 Å². The lowest BCUT2D eigenvalue weighted by Crippen LogP contribution is -2.48. The van der Waals surface area contributed by atoms with Crippen LogP contribution in [0, 0.1) is 16.7 Å². The molecule has 2 rings (SSSR count). The molecule has 1 unspecified atom stereocenters. The quantitative estimate of drug-likeness (QED) is 0.634. The fraction of sp³-hybridized carbons (Fsp3) is 0.923. The predicted octanol–water partition coefficient (Wildman–Crippen LogP) is 2.90. The minimum atomic E-state index is -0.154. The molecule has 92 valence electrons. The number of methoxy groups -OCH3 is 1. The van der Waals surface area contributed by atoms with Gasteiger partial charge in [0.05, 0.1) is 7.11 Å². The molecule has 0 aromatic heterocycles. The van der Waals surface area contributed by atoms with E-state index in [0.29, 0.717) is 10.8 Å². The molecule has 3 nitrogen and oxygen atoms in total. The van der Waals surface area contributed by atoms with Gasteiger partial charge in [-0.3, -0.25) is 0 Å². The third kappa shape index (κ3) is 1.92. The van der Waals surface area contributed by atoms with Crippen molar-refractivity contribution in [1.29, 1.82) is 0 Å². The van der Waals surface area contributed by atoms with Crippen molar-refractivity contribution in [3.63, 3.8) is 0 Å². The van der Waals surface area contributed by atoms with E-state index in [1.165, 1.54) is 20.0 Å². The summed E-state index contributed by atoms with van der Waals surface area (Å²) in [5.41, 5.74) is 0.767. The van der Waals surface area contributed by atoms with Crippen LogP contribution in [0.1, 0.15) is 40.0 Å². The smallest absolute Gasteiger partial charge is 0.409 e. The average Bonchev–Trinajstić information content (AvgIpc) is 2.95. The van der Waals surface area contributed by atoms with Gasteiger partial charge in [0.25, 0.3) is 0 Å². The highest BCUT2D eigenvalue weighted by Crippen LogP contribution is 2.60. The molecule has 0 aromatic carbocycles. The zero-order valence-corrected chi connectivity index (χ0v) is 10.9. The Bertz CT molecular complexity index is 289. The van der Waals surface area contributed by atoms with Gasteiger partial charge in [-0.2, -0.15) is 0 Å². The minimum Gasteiger partial charge on any atom is -0.453 e. The van der Waals surface area contributed by atoms with Gasteiger partial charge >= 0.3 is 6.09 Å². The Hall–Kier alpha value is -0.730. The maximum Gasteiger partial charge on any atom is 0.409 e. The van der Waals surface area contributed by atoms with Crippen LogP contribution < -0.4 is 0 Å². The van der Waals surface area contributed by atoms with E-state index in [0.717, 1.165) is 25.4 Å². The highest BCUT2D eigenvalue weighted by Gasteiger charge is 2.56. The van der Waals surface area contributed by atoms with Crippen molar-refractivity contribution in [3.8, 4) is 0 Å². The van der Waals surface area contributed by atoms with Gasteiger partial charge in [0, 0.05) is 13.1 Å². The third-order valence-electron chi connectivity index (χ3n) is 4.30. The number of hydrogen-bond acceptors (Lipinski definition) is 2. The molecule has 1 aliphatic carbocycles. The second kappa shape index (κ2) is 3.64. The van der Waals surface area contributed by atoms with E-state index in [1.54, 1.807) is 0 Å². The summed E-state index contributed by atoms with van der Waals surface area (Å²) in [5.74, 6) is 0.751. The van der Waals surface area contributed by atoms with Crippen molar-refractivity contribution in [3.05, 3.63) is 0 Å². The van der Waals surface area contributed by atoms with Crippen molar-refractivity contribution in [2.45, 2.75) is 40.0 Å². The summed E-state index contributed by atoms with van der Waals surface area (Å²) in [5, 5.41) is 0. The SMILES string of the molecule is COC(=O)N1CCC(C(C)(C)C)C2(CC2)C1. The molecule has 0 radical (unpaired) electrons. The zero-order chi connectivity index (χ0) is 12.0. The molecular weight excluding hydrogens is 202 g/mol. The van der Waals surface area contributed by atoms with Crippen LogP contribution in [-0.2, 0) is 4.74 Å². The lowest BCUT2D eigenvalue weighted by Gasteiger charge is -2.44. The van der Waals surface area contributed by atoms with E-state index in [1.807, 2.05) is 4.90 Å². The van der Waals surface area contributed by atoms with Crippen molar-refractivity contribution in [1.82, 2.24) is 4.90 Å². The number of amides is 1. The third-order valence-corrected chi connectivity index (χ3v) is 4.30. The highest BCUT2D eigenvalue weighted by atomic mass is 16.5. The van der Waals surface area contributed by atoms with Crippen LogP contribution in [-0.4, -0.2) is 31.2 Å². The van der Waals surface area contributed by atoms with E-state index in [4.69, 9.17) is 4.74 Å². The standard InChI is InChI=1S/C13H23NO2/c1-12(2,3)10-5-8-14(11(15)16-4)9-13(10)6-7-13/h10H,5-9H2,1-4H3. The number of likely N-dealkylation sites (tertiary alicyclic amines) is 1. The van der Waals surface area contributed by atoms with Gasteiger partial charge in [-0.25, -0.2) is 4.79 Å². The first-order valence-electron chi connectivity index (χ1n) is 6.22. The predicted molar refractivity (Wildman–Crippen MR) is 63.2 cm³/mol. The molecule has 1 heterocycles. The van der Waals surface area contributed by atoms with Crippen molar-refractivity contribution in [2.75, 3.05) is 20.2 Å². The first kappa shape index (κ1) is 11.7. The maximum atomic E-state index is 11.5. The Morgan fingerprint density at radius 1 is 1.38 bits per heavy atom. The normalized spacial score (nSPS) is 28.0. The van der Waals surface area contributed by atoms with Gasteiger partial charge in [0.1, 0.15) is 0 Å². The van der Waals surface area contributed by atoms with Crippen LogP contribution in [0.4, 0.5) is 4.79 Å². The number of hydrogen-bond donors (Lipinski definition) is 0. The molecule has 3 heteroatoms. The summed E-state index contributed by atoms with van der Waals surface area (Å²) >= 11 is 0. The van der Waals surface area contributed by atoms with E-state index >= 15 is 0 Å². The molecule has 1 atom stereocenters. The van der Waals surface area contributed by atoms with Crippen LogP contribution in [0.15, 0.2) is 0 Å². The largest absolute Gasteiger partial charge is 0.453 e. The highest BCUT2D eigenvalue weighted by molar-refractivity contribution is 5.67. The summed E-state index contributed by atoms with van der Waals surface area (Å²) in [6, 6.07) is 0. The molecule has 16 heavy (non-hydrogen) atoms. The van der Waals surface area contributed by atoms with Crippen molar-refractivity contribution >= 4 is 6.09 Å². The van der Waals surface area contributed by atoms with Crippen molar-refractivity contribution in [2.24, 2.45) is 16.7 Å². The van der Waals surface area contributed by atoms with E-state index in [-0.39, 0.29) is 6.09 Å². The second-order valence-electron chi connectivity index (χ2n) is 6.46. The summed E-state index contributed by atoms with van der Waals surface area (Å²) in [6.45, 7) is 8.74. The Morgan fingerprint density at radius 2 is 2.00 bits per heavy atom.